The highest BCUT2D eigenvalue weighted by atomic mass is 127. The summed E-state index contributed by atoms with van der Waals surface area (Å²) in [7, 11) is 0. The fourth-order valence-electron chi connectivity index (χ4n) is 1.03. The van der Waals surface area contributed by atoms with Gasteiger partial charge in [0.05, 0.1) is 6.54 Å². The van der Waals surface area contributed by atoms with E-state index < -0.39 is 0 Å². The first-order valence-corrected chi connectivity index (χ1v) is 5.01. The molecule has 0 unspecified atom stereocenters. The van der Waals surface area contributed by atoms with Crippen LogP contribution >= 0.6 is 24.0 Å². The molecule has 0 aliphatic carbocycles. The number of guanidine groups is 1. The zero-order chi connectivity index (χ0) is 11.8. The highest BCUT2D eigenvalue weighted by molar-refractivity contribution is 14.0. The van der Waals surface area contributed by atoms with Gasteiger partial charge >= 0.3 is 0 Å². The second kappa shape index (κ2) is 8.81. The maximum Gasteiger partial charge on any atom is 0.248 e. The lowest BCUT2D eigenvalue weighted by Gasteiger charge is -2.07. The molecule has 1 aromatic rings. The van der Waals surface area contributed by atoms with E-state index in [-0.39, 0.29) is 24.0 Å². The Morgan fingerprint density at radius 2 is 2.29 bits per heavy atom. The van der Waals surface area contributed by atoms with Crippen molar-refractivity contribution < 1.29 is 4.52 Å². The Balaban J connectivity index is 0.00000256. The normalized spacial score (nSPS) is 10.3. The average Bonchev–Trinajstić information content (AvgIpc) is 2.68. The van der Waals surface area contributed by atoms with Crippen molar-refractivity contribution >= 4 is 29.9 Å². The van der Waals surface area contributed by atoms with E-state index in [4.69, 9.17) is 10.9 Å². The lowest BCUT2D eigenvalue weighted by molar-refractivity contribution is 0.376. The predicted octanol–water partition coefficient (Wildman–Crippen LogP) is 0.684. The number of hydrogen-bond acceptors (Lipinski definition) is 4. The fourth-order valence-corrected chi connectivity index (χ4v) is 1.03. The molecule has 0 bridgehead atoms. The Morgan fingerprint density at radius 3 is 2.82 bits per heavy atom. The molecule has 17 heavy (non-hydrogen) atoms. The molecule has 1 heterocycles. The van der Waals surface area contributed by atoms with Crippen molar-refractivity contribution in [1.82, 2.24) is 20.8 Å². The third-order valence-corrected chi connectivity index (χ3v) is 1.64. The minimum absolute atomic E-state index is 0. The number of terminal acetylenes is 1. The van der Waals surface area contributed by atoms with Crippen LogP contribution in [0.3, 0.4) is 0 Å². The Bertz CT molecular complexity index is 396. The maximum atomic E-state index is 5.15. The number of aliphatic imine (C=N–C) groups is 1. The third kappa shape index (κ3) is 6.11. The van der Waals surface area contributed by atoms with Crippen LogP contribution in [0.1, 0.15) is 18.6 Å². The van der Waals surface area contributed by atoms with Gasteiger partial charge in [0.15, 0.2) is 11.8 Å². The maximum absolute atomic E-state index is 5.15. The van der Waals surface area contributed by atoms with E-state index in [1.54, 1.807) is 6.92 Å². The van der Waals surface area contributed by atoms with E-state index in [0.29, 0.717) is 30.8 Å². The number of hydrogen-bond donors (Lipinski definition) is 2. The minimum atomic E-state index is 0. The molecule has 7 heteroatoms. The number of rotatable bonds is 4. The zero-order valence-electron chi connectivity index (χ0n) is 9.86. The standard InChI is InChI=1S/C10H15N5O.HI/c1-4-6-12-10(11-5-2)13-7-9-14-8(3)15-16-9;/h1H,5-7H2,2-3H3,(H2,11,12,13);1H. The largest absolute Gasteiger partial charge is 0.357 e. The molecule has 1 rings (SSSR count). The Morgan fingerprint density at radius 1 is 1.53 bits per heavy atom. The molecule has 0 aliphatic heterocycles. The van der Waals surface area contributed by atoms with Gasteiger partial charge in [-0.15, -0.1) is 30.4 Å². The molecule has 0 atom stereocenters. The molecule has 0 aromatic carbocycles. The molecular formula is C10H16IN5O. The first-order valence-electron chi connectivity index (χ1n) is 5.01. The summed E-state index contributed by atoms with van der Waals surface area (Å²) >= 11 is 0. The lowest BCUT2D eigenvalue weighted by Crippen LogP contribution is -2.37. The van der Waals surface area contributed by atoms with Gasteiger partial charge in [0.2, 0.25) is 5.89 Å². The van der Waals surface area contributed by atoms with Crippen molar-refractivity contribution in [1.29, 1.82) is 0 Å². The first kappa shape index (κ1) is 15.7. The van der Waals surface area contributed by atoms with Gasteiger partial charge in [0, 0.05) is 6.54 Å². The van der Waals surface area contributed by atoms with Crippen LogP contribution in [-0.2, 0) is 6.54 Å². The number of halogens is 1. The van der Waals surface area contributed by atoms with E-state index in [0.717, 1.165) is 6.54 Å². The van der Waals surface area contributed by atoms with E-state index in [2.05, 4.69) is 31.7 Å². The first-order chi connectivity index (χ1) is 7.76. The van der Waals surface area contributed by atoms with E-state index >= 15 is 0 Å². The van der Waals surface area contributed by atoms with E-state index in [1.165, 1.54) is 0 Å². The van der Waals surface area contributed by atoms with Crippen LogP contribution in [0.2, 0.25) is 0 Å². The molecule has 0 saturated carbocycles. The number of nitrogens with one attached hydrogen (secondary N) is 2. The summed E-state index contributed by atoms with van der Waals surface area (Å²) in [6.07, 6.45) is 5.15. The van der Waals surface area contributed by atoms with Crippen molar-refractivity contribution in [3.05, 3.63) is 11.7 Å². The second-order valence-corrected chi connectivity index (χ2v) is 2.99. The molecule has 0 fully saturated rings. The molecule has 0 radical (unpaired) electrons. The minimum Gasteiger partial charge on any atom is -0.357 e. The van der Waals surface area contributed by atoms with Crippen LogP contribution in [0.25, 0.3) is 0 Å². The van der Waals surface area contributed by atoms with Gasteiger partial charge in [0.25, 0.3) is 0 Å². The number of aromatic nitrogens is 2. The summed E-state index contributed by atoms with van der Waals surface area (Å²) in [6, 6.07) is 0. The molecule has 1 aromatic heterocycles. The summed E-state index contributed by atoms with van der Waals surface area (Å²) in [5.41, 5.74) is 0. The predicted molar refractivity (Wildman–Crippen MR) is 76.1 cm³/mol. The molecule has 0 amide bonds. The third-order valence-electron chi connectivity index (χ3n) is 1.64. The van der Waals surface area contributed by atoms with Gasteiger partial charge in [-0.25, -0.2) is 4.99 Å². The summed E-state index contributed by atoms with van der Waals surface area (Å²) in [5.74, 6) is 4.20. The van der Waals surface area contributed by atoms with Crippen molar-refractivity contribution in [2.45, 2.75) is 20.4 Å². The lowest BCUT2D eigenvalue weighted by atomic mass is 10.6. The molecule has 0 spiro atoms. The zero-order valence-corrected chi connectivity index (χ0v) is 12.2. The van der Waals surface area contributed by atoms with Crippen LogP contribution in [-0.4, -0.2) is 29.2 Å². The van der Waals surface area contributed by atoms with Gasteiger partial charge < -0.3 is 15.2 Å². The van der Waals surface area contributed by atoms with Gasteiger partial charge in [-0.3, -0.25) is 0 Å². The topological polar surface area (TPSA) is 75.3 Å². The van der Waals surface area contributed by atoms with Gasteiger partial charge in [-0.2, -0.15) is 4.98 Å². The van der Waals surface area contributed by atoms with Gasteiger partial charge in [-0.05, 0) is 13.8 Å². The smallest absolute Gasteiger partial charge is 0.248 e. The van der Waals surface area contributed by atoms with Crippen LogP contribution < -0.4 is 10.6 Å². The molecule has 6 nitrogen and oxygen atoms in total. The molecule has 2 N–H and O–H groups in total. The van der Waals surface area contributed by atoms with Crippen molar-refractivity contribution in [2.24, 2.45) is 4.99 Å². The summed E-state index contributed by atoms with van der Waals surface area (Å²) in [4.78, 5) is 8.28. The second-order valence-electron chi connectivity index (χ2n) is 2.99. The Labute approximate surface area is 118 Å². The van der Waals surface area contributed by atoms with Gasteiger partial charge in [0.1, 0.15) is 6.54 Å². The fraction of sp³-hybridized carbons (Fsp3) is 0.500. The summed E-state index contributed by atoms with van der Waals surface area (Å²) in [5, 5.41) is 9.68. The van der Waals surface area contributed by atoms with E-state index in [1.807, 2.05) is 6.92 Å². The number of aryl methyl sites for hydroxylation is 1. The number of nitrogens with zero attached hydrogens (tertiary/aromatic N) is 3. The molecule has 0 aliphatic rings. The highest BCUT2D eigenvalue weighted by Crippen LogP contribution is 1.97. The van der Waals surface area contributed by atoms with Crippen molar-refractivity contribution in [2.75, 3.05) is 13.1 Å². The molecular weight excluding hydrogens is 333 g/mol. The monoisotopic (exact) mass is 349 g/mol. The van der Waals surface area contributed by atoms with Gasteiger partial charge in [-0.1, -0.05) is 11.1 Å². The van der Waals surface area contributed by atoms with Crippen LogP contribution in [0, 0.1) is 19.3 Å². The summed E-state index contributed by atoms with van der Waals surface area (Å²) in [6.45, 7) is 5.26. The Kier molecular flexibility index (Phi) is 8.13. The molecule has 0 saturated heterocycles. The van der Waals surface area contributed by atoms with Crippen LogP contribution in [0.5, 0.6) is 0 Å². The van der Waals surface area contributed by atoms with Crippen LogP contribution in [0.15, 0.2) is 9.52 Å². The van der Waals surface area contributed by atoms with E-state index in [9.17, 15) is 0 Å². The highest BCUT2D eigenvalue weighted by Gasteiger charge is 2.01. The molecule has 94 valence electrons. The quantitative estimate of drug-likeness (QED) is 0.362. The SMILES string of the molecule is C#CCNC(=NCc1nc(C)no1)NCC.I. The summed E-state index contributed by atoms with van der Waals surface area (Å²) < 4.78 is 4.93. The Hall–Kier alpha value is -1.30. The van der Waals surface area contributed by atoms with Crippen molar-refractivity contribution in [3.63, 3.8) is 0 Å². The van der Waals surface area contributed by atoms with Crippen LogP contribution in [0.4, 0.5) is 0 Å². The average molecular weight is 349 g/mol. The van der Waals surface area contributed by atoms with Crippen molar-refractivity contribution in [3.8, 4) is 12.3 Å².